The van der Waals surface area contributed by atoms with E-state index in [1.54, 1.807) is 12.1 Å². The number of nitrogens with one attached hydrogen (secondary N) is 1. The van der Waals surface area contributed by atoms with Crippen molar-refractivity contribution in [1.82, 2.24) is 5.43 Å². The number of halogens is 1. The Kier molecular flexibility index (Phi) is 4.23. The van der Waals surface area contributed by atoms with Gasteiger partial charge >= 0.3 is 0 Å². The number of nitrogens with zero attached hydrogens (tertiary/aromatic N) is 1. The molecule has 0 radical (unpaired) electrons. The Morgan fingerprint density at radius 1 is 1.08 bits per heavy atom. The van der Waals surface area contributed by atoms with Crippen molar-refractivity contribution in [2.75, 3.05) is 6.61 Å². The Bertz CT molecular complexity index is 986. The first kappa shape index (κ1) is 16.1. The molecule has 0 spiro atoms. The minimum absolute atomic E-state index is 0.100. The van der Waals surface area contributed by atoms with E-state index in [2.05, 4.69) is 10.5 Å². The summed E-state index contributed by atoms with van der Waals surface area (Å²) in [6.45, 7) is 0.100. The maximum atomic E-state index is 12.9. The molecule has 0 saturated heterocycles. The monoisotopic (exact) mass is 350 g/mol. The minimum Gasteiger partial charge on any atom is -0.485 e. The van der Waals surface area contributed by atoms with Crippen LogP contribution >= 0.6 is 0 Å². The average Bonchev–Trinajstić information content (AvgIpc) is 2.67. The third-order valence-electron chi connectivity index (χ3n) is 4.02. The number of hydrogen-bond acceptors (Lipinski definition) is 4. The van der Waals surface area contributed by atoms with E-state index in [0.717, 1.165) is 10.8 Å². The van der Waals surface area contributed by atoms with Crippen molar-refractivity contribution in [1.29, 1.82) is 0 Å². The number of hydrogen-bond donors (Lipinski definition) is 1. The average molecular weight is 350 g/mol. The van der Waals surface area contributed by atoms with Gasteiger partial charge in [-0.3, -0.25) is 4.79 Å². The summed E-state index contributed by atoms with van der Waals surface area (Å²) in [5.41, 5.74) is 3.09. The van der Waals surface area contributed by atoms with E-state index >= 15 is 0 Å². The largest absolute Gasteiger partial charge is 0.485 e. The highest BCUT2D eigenvalue weighted by Gasteiger charge is 2.27. The van der Waals surface area contributed by atoms with Crippen LogP contribution in [-0.2, 0) is 4.79 Å². The number of ether oxygens (including phenoxy) is 2. The summed E-state index contributed by atoms with van der Waals surface area (Å²) in [6.07, 6.45) is 0.636. The fourth-order valence-corrected chi connectivity index (χ4v) is 2.68. The molecular formula is C20H15FN2O3. The van der Waals surface area contributed by atoms with Gasteiger partial charge in [0.2, 0.25) is 6.10 Å². The lowest BCUT2D eigenvalue weighted by atomic mass is 10.1. The minimum atomic E-state index is -0.797. The van der Waals surface area contributed by atoms with Crippen LogP contribution in [0.2, 0.25) is 0 Å². The summed E-state index contributed by atoms with van der Waals surface area (Å²) >= 11 is 0. The highest BCUT2D eigenvalue weighted by atomic mass is 19.1. The van der Waals surface area contributed by atoms with Gasteiger partial charge in [0.1, 0.15) is 12.4 Å². The van der Waals surface area contributed by atoms with Crippen LogP contribution in [0.1, 0.15) is 5.56 Å². The molecule has 0 fully saturated rings. The van der Waals surface area contributed by atoms with Gasteiger partial charge in [-0.1, -0.05) is 36.4 Å². The Labute approximate surface area is 149 Å². The second-order valence-corrected chi connectivity index (χ2v) is 5.85. The van der Waals surface area contributed by atoms with E-state index in [4.69, 9.17) is 9.47 Å². The predicted molar refractivity (Wildman–Crippen MR) is 96.0 cm³/mol. The van der Waals surface area contributed by atoms with Gasteiger partial charge < -0.3 is 9.47 Å². The fourth-order valence-electron chi connectivity index (χ4n) is 2.68. The molecule has 3 aromatic carbocycles. The Hall–Kier alpha value is -3.41. The molecule has 6 heteroatoms. The van der Waals surface area contributed by atoms with Crippen molar-refractivity contribution in [3.05, 3.63) is 72.0 Å². The van der Waals surface area contributed by atoms with Gasteiger partial charge in [0, 0.05) is 0 Å². The van der Waals surface area contributed by atoms with Crippen LogP contribution in [0.25, 0.3) is 10.8 Å². The van der Waals surface area contributed by atoms with Gasteiger partial charge in [-0.25, -0.2) is 9.82 Å². The van der Waals surface area contributed by atoms with Crippen molar-refractivity contribution >= 4 is 22.9 Å². The molecule has 0 saturated carbocycles. The van der Waals surface area contributed by atoms with Crippen LogP contribution in [-0.4, -0.2) is 24.8 Å². The molecule has 4 rings (SSSR count). The second-order valence-electron chi connectivity index (χ2n) is 5.85. The van der Waals surface area contributed by atoms with E-state index in [9.17, 15) is 9.18 Å². The van der Waals surface area contributed by atoms with Crippen LogP contribution < -0.4 is 14.9 Å². The zero-order chi connectivity index (χ0) is 17.9. The maximum absolute atomic E-state index is 12.9. The van der Waals surface area contributed by atoms with Gasteiger partial charge in [0.25, 0.3) is 5.91 Å². The normalized spacial score (nSPS) is 16.0. The fraction of sp³-hybridized carbons (Fsp3) is 0.100. The summed E-state index contributed by atoms with van der Waals surface area (Å²) in [7, 11) is 0. The van der Waals surface area contributed by atoms with Gasteiger partial charge in [-0.15, -0.1) is 0 Å². The molecule has 3 aromatic rings. The number of amides is 1. The first-order chi connectivity index (χ1) is 12.7. The van der Waals surface area contributed by atoms with Gasteiger partial charge in [0.15, 0.2) is 11.5 Å². The predicted octanol–water partition coefficient (Wildman–Crippen LogP) is 3.27. The van der Waals surface area contributed by atoms with Gasteiger partial charge in [0.05, 0.1) is 6.21 Å². The molecule has 0 unspecified atom stereocenters. The van der Waals surface area contributed by atoms with Crippen LogP contribution in [0.3, 0.4) is 0 Å². The molecule has 0 aromatic heterocycles. The molecule has 1 aliphatic heterocycles. The molecule has 1 amide bonds. The van der Waals surface area contributed by atoms with Crippen LogP contribution in [0.5, 0.6) is 11.5 Å². The molecule has 0 bridgehead atoms. The summed E-state index contributed by atoms with van der Waals surface area (Å²) < 4.78 is 24.3. The van der Waals surface area contributed by atoms with Gasteiger partial charge in [-0.05, 0) is 40.6 Å². The summed E-state index contributed by atoms with van der Waals surface area (Å²) in [6, 6.07) is 17.4. The molecule has 1 aliphatic rings. The quantitative estimate of drug-likeness (QED) is 0.583. The molecule has 130 valence electrons. The second kappa shape index (κ2) is 6.84. The molecule has 1 heterocycles. The number of carbonyl (C=O) groups is 1. The van der Waals surface area contributed by atoms with Crippen LogP contribution in [0, 0.1) is 5.82 Å². The zero-order valence-corrected chi connectivity index (χ0v) is 13.7. The zero-order valence-electron chi connectivity index (χ0n) is 13.7. The molecule has 1 atom stereocenters. The molecule has 0 aliphatic carbocycles. The highest BCUT2D eigenvalue weighted by molar-refractivity contribution is 5.88. The van der Waals surface area contributed by atoms with Crippen molar-refractivity contribution in [3.8, 4) is 11.5 Å². The number of rotatable bonds is 3. The van der Waals surface area contributed by atoms with Crippen molar-refractivity contribution in [3.63, 3.8) is 0 Å². The Balaban J connectivity index is 1.43. The Morgan fingerprint density at radius 3 is 2.50 bits per heavy atom. The number of fused-ring (bicyclic) bond motifs is 2. The van der Waals surface area contributed by atoms with E-state index in [1.165, 1.54) is 18.3 Å². The lowest BCUT2D eigenvalue weighted by molar-refractivity contribution is -0.130. The Morgan fingerprint density at radius 2 is 1.77 bits per heavy atom. The first-order valence-electron chi connectivity index (χ1n) is 8.10. The summed E-state index contributed by atoms with van der Waals surface area (Å²) in [5, 5.41) is 5.92. The topological polar surface area (TPSA) is 59.9 Å². The smallest absolute Gasteiger partial charge is 0.284 e. The first-order valence-corrected chi connectivity index (χ1v) is 8.10. The number of hydrazone groups is 1. The summed E-state index contributed by atoms with van der Waals surface area (Å²) in [5.74, 6) is 0.396. The maximum Gasteiger partial charge on any atom is 0.284 e. The third kappa shape index (κ3) is 3.35. The van der Waals surface area contributed by atoms with E-state index in [0.29, 0.717) is 17.1 Å². The highest BCUT2D eigenvalue weighted by Crippen LogP contribution is 2.35. The van der Waals surface area contributed by atoms with Gasteiger partial charge in [-0.2, -0.15) is 5.10 Å². The standard InChI is InChI=1S/C20H15FN2O3/c21-16-7-5-13(6-8-16)11-22-23-20(24)19-12-25-17-9-14-3-1-2-4-15(14)10-18(17)26-19/h1-11,19H,12H2,(H,23,24)/b22-11+/t19-/m0/s1. The van der Waals surface area contributed by atoms with Crippen molar-refractivity contribution < 1.29 is 18.7 Å². The van der Waals surface area contributed by atoms with E-state index in [1.807, 2.05) is 36.4 Å². The molecule has 26 heavy (non-hydrogen) atoms. The van der Waals surface area contributed by atoms with Crippen LogP contribution in [0.15, 0.2) is 65.8 Å². The van der Waals surface area contributed by atoms with Crippen molar-refractivity contribution in [2.24, 2.45) is 5.10 Å². The number of benzene rings is 3. The molecular weight excluding hydrogens is 335 g/mol. The number of carbonyl (C=O) groups excluding carboxylic acids is 1. The molecule has 1 N–H and O–H groups in total. The lowest BCUT2D eigenvalue weighted by Crippen LogP contribution is -2.42. The summed E-state index contributed by atoms with van der Waals surface area (Å²) in [4.78, 5) is 12.2. The third-order valence-corrected chi connectivity index (χ3v) is 4.02. The van der Waals surface area contributed by atoms with Crippen LogP contribution in [0.4, 0.5) is 4.39 Å². The van der Waals surface area contributed by atoms with Crippen molar-refractivity contribution in [2.45, 2.75) is 6.10 Å². The van der Waals surface area contributed by atoms with E-state index < -0.39 is 12.0 Å². The SMILES string of the molecule is O=C(N/N=C/c1ccc(F)cc1)[C@@H]1COc2cc3ccccc3cc2O1. The van der Waals surface area contributed by atoms with E-state index in [-0.39, 0.29) is 12.4 Å². The molecule has 5 nitrogen and oxygen atoms in total. The lowest BCUT2D eigenvalue weighted by Gasteiger charge is -2.25.